The van der Waals surface area contributed by atoms with E-state index in [2.05, 4.69) is 15.4 Å². The summed E-state index contributed by atoms with van der Waals surface area (Å²) >= 11 is 1.82. The molecule has 2 aliphatic rings. The number of hydrogen-bond donors (Lipinski definition) is 0. The zero-order valence-electron chi connectivity index (χ0n) is 13.9. The Bertz CT molecular complexity index is 893. The van der Waals surface area contributed by atoms with Gasteiger partial charge in [0, 0.05) is 35.2 Å². The first-order valence-electron chi connectivity index (χ1n) is 8.98. The fourth-order valence-corrected chi connectivity index (χ4v) is 4.71. The lowest BCUT2D eigenvalue weighted by molar-refractivity contribution is 0.200. The Morgan fingerprint density at radius 2 is 2.00 bits per heavy atom. The molecule has 2 aromatic heterocycles. The molecule has 0 amide bonds. The molecule has 1 saturated heterocycles. The molecular formula is C19H20FN3OS. The molecule has 25 heavy (non-hydrogen) atoms. The average molecular weight is 357 g/mol. The van der Waals surface area contributed by atoms with Gasteiger partial charge >= 0.3 is 0 Å². The van der Waals surface area contributed by atoms with Crippen molar-refractivity contribution in [1.82, 2.24) is 15.0 Å². The topological polar surface area (TPSA) is 42.2 Å². The van der Waals surface area contributed by atoms with Crippen molar-refractivity contribution in [2.24, 2.45) is 0 Å². The van der Waals surface area contributed by atoms with Gasteiger partial charge in [0.25, 0.3) is 0 Å². The highest BCUT2D eigenvalue weighted by Gasteiger charge is 2.28. The van der Waals surface area contributed by atoms with Gasteiger partial charge in [-0.1, -0.05) is 5.16 Å². The SMILES string of the molecule is Fc1ccc2c(C3CCN(Cc4csc(C5CC5)n4)CC3)noc2c1. The van der Waals surface area contributed by atoms with Crippen LogP contribution in [0.2, 0.25) is 0 Å². The minimum Gasteiger partial charge on any atom is -0.356 e. The lowest BCUT2D eigenvalue weighted by Gasteiger charge is -2.30. The van der Waals surface area contributed by atoms with Crippen LogP contribution in [0.3, 0.4) is 0 Å². The molecule has 1 aromatic carbocycles. The molecule has 1 aliphatic carbocycles. The molecule has 3 heterocycles. The van der Waals surface area contributed by atoms with Crippen LogP contribution in [0.4, 0.5) is 4.39 Å². The molecule has 130 valence electrons. The van der Waals surface area contributed by atoms with Crippen molar-refractivity contribution in [3.8, 4) is 0 Å². The molecule has 1 aliphatic heterocycles. The number of fused-ring (bicyclic) bond motifs is 1. The Balaban J connectivity index is 1.24. The maximum Gasteiger partial charge on any atom is 0.170 e. The van der Waals surface area contributed by atoms with Crippen molar-refractivity contribution < 1.29 is 8.91 Å². The second-order valence-electron chi connectivity index (χ2n) is 7.21. The van der Waals surface area contributed by atoms with Crippen LogP contribution >= 0.6 is 11.3 Å². The van der Waals surface area contributed by atoms with E-state index in [0.29, 0.717) is 11.5 Å². The third kappa shape index (κ3) is 3.09. The molecule has 6 heteroatoms. The highest BCUT2D eigenvalue weighted by Crippen LogP contribution is 2.41. The Morgan fingerprint density at radius 1 is 1.16 bits per heavy atom. The third-order valence-corrected chi connectivity index (χ3v) is 6.37. The Hall–Kier alpha value is -1.79. The molecule has 0 spiro atoms. The van der Waals surface area contributed by atoms with Crippen LogP contribution in [-0.2, 0) is 6.54 Å². The standard InChI is InChI=1S/C19H20FN3OS/c20-14-3-4-16-17(9-14)24-22-18(16)12-5-7-23(8-6-12)10-15-11-25-19(21-15)13-1-2-13/h3-4,9,11-13H,1-2,5-8,10H2. The molecule has 1 saturated carbocycles. The molecule has 0 bridgehead atoms. The summed E-state index contributed by atoms with van der Waals surface area (Å²) < 4.78 is 18.6. The zero-order chi connectivity index (χ0) is 16.8. The second-order valence-corrected chi connectivity index (χ2v) is 8.10. The summed E-state index contributed by atoms with van der Waals surface area (Å²) in [5.74, 6) is 0.856. The molecule has 0 N–H and O–H groups in total. The number of aromatic nitrogens is 2. The fourth-order valence-electron chi connectivity index (χ4n) is 3.73. The van der Waals surface area contributed by atoms with Crippen LogP contribution in [0.15, 0.2) is 28.1 Å². The predicted molar refractivity (Wildman–Crippen MR) is 95.3 cm³/mol. The largest absolute Gasteiger partial charge is 0.356 e. The number of rotatable bonds is 4. The van der Waals surface area contributed by atoms with Gasteiger partial charge in [-0.3, -0.25) is 4.90 Å². The van der Waals surface area contributed by atoms with Gasteiger partial charge in [0.1, 0.15) is 5.82 Å². The van der Waals surface area contributed by atoms with Crippen LogP contribution in [0.5, 0.6) is 0 Å². The van der Waals surface area contributed by atoms with Gasteiger partial charge in [-0.25, -0.2) is 9.37 Å². The van der Waals surface area contributed by atoms with Crippen LogP contribution in [0.1, 0.15) is 53.9 Å². The maximum absolute atomic E-state index is 13.3. The zero-order valence-corrected chi connectivity index (χ0v) is 14.8. The van der Waals surface area contributed by atoms with Crippen LogP contribution in [-0.4, -0.2) is 28.1 Å². The normalized spacial score (nSPS) is 19.7. The van der Waals surface area contributed by atoms with E-state index in [-0.39, 0.29) is 5.82 Å². The van der Waals surface area contributed by atoms with Crippen molar-refractivity contribution in [3.05, 3.63) is 45.8 Å². The number of halogens is 1. The number of benzene rings is 1. The highest BCUT2D eigenvalue weighted by molar-refractivity contribution is 7.09. The van der Waals surface area contributed by atoms with Crippen molar-refractivity contribution in [2.45, 2.75) is 44.1 Å². The van der Waals surface area contributed by atoms with E-state index in [4.69, 9.17) is 9.51 Å². The van der Waals surface area contributed by atoms with E-state index < -0.39 is 0 Å². The van der Waals surface area contributed by atoms with Gasteiger partial charge < -0.3 is 4.52 Å². The summed E-state index contributed by atoms with van der Waals surface area (Å²) in [6.45, 7) is 3.02. The number of hydrogen-bond acceptors (Lipinski definition) is 5. The minimum atomic E-state index is -0.279. The molecule has 3 aromatic rings. The average Bonchev–Trinajstić information content (AvgIpc) is 3.23. The van der Waals surface area contributed by atoms with Gasteiger partial charge in [-0.15, -0.1) is 11.3 Å². The molecule has 2 fully saturated rings. The van der Waals surface area contributed by atoms with E-state index >= 15 is 0 Å². The summed E-state index contributed by atoms with van der Waals surface area (Å²) in [4.78, 5) is 7.27. The summed E-state index contributed by atoms with van der Waals surface area (Å²) in [7, 11) is 0. The van der Waals surface area contributed by atoms with E-state index in [1.54, 1.807) is 6.07 Å². The number of thiazole rings is 1. The Morgan fingerprint density at radius 3 is 2.80 bits per heavy atom. The van der Waals surface area contributed by atoms with Gasteiger partial charge in [0.15, 0.2) is 5.58 Å². The summed E-state index contributed by atoms with van der Waals surface area (Å²) in [5.41, 5.74) is 2.75. The van der Waals surface area contributed by atoms with Crippen molar-refractivity contribution >= 4 is 22.3 Å². The number of nitrogens with zero attached hydrogens (tertiary/aromatic N) is 3. The summed E-state index contributed by atoms with van der Waals surface area (Å²) in [6, 6.07) is 4.69. The second kappa shape index (κ2) is 6.18. The Kier molecular flexibility index (Phi) is 3.82. The smallest absolute Gasteiger partial charge is 0.170 e. The fraction of sp³-hybridized carbons (Fsp3) is 0.474. The first-order valence-corrected chi connectivity index (χ1v) is 9.86. The van der Waals surface area contributed by atoms with Crippen molar-refractivity contribution in [2.75, 3.05) is 13.1 Å². The van der Waals surface area contributed by atoms with Gasteiger partial charge in [-0.2, -0.15) is 0 Å². The molecule has 4 nitrogen and oxygen atoms in total. The first-order chi connectivity index (χ1) is 12.3. The molecule has 0 atom stereocenters. The summed E-state index contributed by atoms with van der Waals surface area (Å²) in [5, 5.41) is 8.73. The van der Waals surface area contributed by atoms with Gasteiger partial charge in [0.05, 0.1) is 16.4 Å². The van der Waals surface area contributed by atoms with Gasteiger partial charge in [0.2, 0.25) is 0 Å². The van der Waals surface area contributed by atoms with Crippen molar-refractivity contribution in [3.63, 3.8) is 0 Å². The van der Waals surface area contributed by atoms with Crippen LogP contribution < -0.4 is 0 Å². The van der Waals surface area contributed by atoms with E-state index in [0.717, 1.165) is 49.5 Å². The summed E-state index contributed by atoms with van der Waals surface area (Å²) in [6.07, 6.45) is 4.74. The molecule has 0 radical (unpaired) electrons. The van der Waals surface area contributed by atoms with Crippen LogP contribution in [0, 0.1) is 5.82 Å². The lowest BCUT2D eigenvalue weighted by atomic mass is 9.91. The van der Waals surface area contributed by atoms with Crippen LogP contribution in [0.25, 0.3) is 11.0 Å². The quantitative estimate of drug-likeness (QED) is 0.680. The molecule has 5 rings (SSSR count). The van der Waals surface area contributed by atoms with Gasteiger partial charge in [-0.05, 0) is 50.9 Å². The highest BCUT2D eigenvalue weighted by atomic mass is 32.1. The molecule has 0 unspecified atom stereocenters. The first kappa shape index (κ1) is 15.5. The predicted octanol–water partition coefficient (Wildman–Crippen LogP) is 4.68. The minimum absolute atomic E-state index is 0.279. The van der Waals surface area contributed by atoms with E-state index in [1.165, 1.54) is 35.7 Å². The third-order valence-electron chi connectivity index (χ3n) is 5.32. The monoisotopic (exact) mass is 357 g/mol. The number of piperidine rings is 1. The van der Waals surface area contributed by atoms with Crippen molar-refractivity contribution in [1.29, 1.82) is 0 Å². The maximum atomic E-state index is 13.3. The number of likely N-dealkylation sites (tertiary alicyclic amines) is 1. The lowest BCUT2D eigenvalue weighted by Crippen LogP contribution is -2.32. The Labute approximate surface area is 149 Å². The van der Waals surface area contributed by atoms with E-state index in [9.17, 15) is 4.39 Å². The molecular weight excluding hydrogens is 337 g/mol. The van der Waals surface area contributed by atoms with E-state index in [1.807, 2.05) is 11.3 Å².